The fourth-order valence-corrected chi connectivity index (χ4v) is 2.51. The standard InChI is InChI=1S/C13H23N3O3/c1-9(2)10(17-3)11-15-12(19-16-11)13(8-14)4-6-18-7-5-13/h9-10H,4-8,14H2,1-3H3. The Kier molecular flexibility index (Phi) is 4.54. The zero-order valence-corrected chi connectivity index (χ0v) is 11.9. The Hall–Kier alpha value is -0.980. The second kappa shape index (κ2) is 5.98. The van der Waals surface area contributed by atoms with Crippen LogP contribution in [0.2, 0.25) is 0 Å². The monoisotopic (exact) mass is 269 g/mol. The highest BCUT2D eigenvalue weighted by molar-refractivity contribution is 5.08. The van der Waals surface area contributed by atoms with E-state index in [-0.39, 0.29) is 11.5 Å². The predicted octanol–water partition coefficient (Wildman–Crippen LogP) is 1.42. The van der Waals surface area contributed by atoms with Crippen molar-refractivity contribution < 1.29 is 14.0 Å². The zero-order chi connectivity index (χ0) is 13.9. The van der Waals surface area contributed by atoms with Gasteiger partial charge in [0.1, 0.15) is 6.10 Å². The van der Waals surface area contributed by atoms with Crippen molar-refractivity contribution in [2.45, 2.75) is 38.2 Å². The number of hydrogen-bond acceptors (Lipinski definition) is 6. The number of methoxy groups -OCH3 is 1. The van der Waals surface area contributed by atoms with Gasteiger partial charge in [-0.1, -0.05) is 19.0 Å². The smallest absolute Gasteiger partial charge is 0.234 e. The molecule has 6 heteroatoms. The second-order valence-corrected chi connectivity index (χ2v) is 5.45. The molecule has 2 heterocycles. The zero-order valence-electron chi connectivity index (χ0n) is 11.9. The van der Waals surface area contributed by atoms with E-state index in [0.29, 0.717) is 37.4 Å². The average Bonchev–Trinajstić information content (AvgIpc) is 2.90. The van der Waals surface area contributed by atoms with Crippen LogP contribution < -0.4 is 5.73 Å². The van der Waals surface area contributed by atoms with Crippen LogP contribution in [0.1, 0.15) is 44.5 Å². The minimum Gasteiger partial charge on any atom is -0.381 e. The van der Waals surface area contributed by atoms with Gasteiger partial charge < -0.3 is 19.7 Å². The van der Waals surface area contributed by atoms with E-state index >= 15 is 0 Å². The van der Waals surface area contributed by atoms with Gasteiger partial charge in [0, 0.05) is 26.9 Å². The summed E-state index contributed by atoms with van der Waals surface area (Å²) in [5.74, 6) is 1.52. The second-order valence-electron chi connectivity index (χ2n) is 5.45. The Labute approximate surface area is 113 Å². The number of rotatable bonds is 5. The van der Waals surface area contributed by atoms with Gasteiger partial charge in [-0.2, -0.15) is 4.98 Å². The van der Waals surface area contributed by atoms with Crippen LogP contribution >= 0.6 is 0 Å². The summed E-state index contributed by atoms with van der Waals surface area (Å²) in [7, 11) is 1.66. The van der Waals surface area contributed by atoms with Crippen molar-refractivity contribution in [3.05, 3.63) is 11.7 Å². The molecule has 108 valence electrons. The molecule has 1 aromatic rings. The molecule has 0 saturated carbocycles. The quantitative estimate of drug-likeness (QED) is 0.870. The van der Waals surface area contributed by atoms with Crippen LogP contribution in [0.4, 0.5) is 0 Å². The molecule has 0 amide bonds. The van der Waals surface area contributed by atoms with Gasteiger partial charge in [-0.25, -0.2) is 0 Å². The summed E-state index contributed by atoms with van der Waals surface area (Å²) in [5, 5.41) is 4.07. The van der Waals surface area contributed by atoms with Gasteiger partial charge in [-0.3, -0.25) is 0 Å². The number of ether oxygens (including phenoxy) is 2. The molecule has 19 heavy (non-hydrogen) atoms. The molecule has 2 N–H and O–H groups in total. The fraction of sp³-hybridized carbons (Fsp3) is 0.846. The maximum Gasteiger partial charge on any atom is 0.234 e. The van der Waals surface area contributed by atoms with E-state index in [0.717, 1.165) is 12.8 Å². The van der Waals surface area contributed by atoms with Crippen LogP contribution in [-0.2, 0) is 14.9 Å². The van der Waals surface area contributed by atoms with Crippen molar-refractivity contribution in [2.24, 2.45) is 11.7 Å². The lowest BCUT2D eigenvalue weighted by molar-refractivity contribution is 0.0408. The average molecular weight is 269 g/mol. The van der Waals surface area contributed by atoms with Crippen molar-refractivity contribution in [1.82, 2.24) is 10.1 Å². The summed E-state index contributed by atoms with van der Waals surface area (Å²) >= 11 is 0. The van der Waals surface area contributed by atoms with Crippen molar-refractivity contribution in [3.63, 3.8) is 0 Å². The maximum atomic E-state index is 5.93. The van der Waals surface area contributed by atoms with Crippen molar-refractivity contribution in [3.8, 4) is 0 Å². The lowest BCUT2D eigenvalue weighted by Gasteiger charge is -2.32. The van der Waals surface area contributed by atoms with Gasteiger partial charge in [0.15, 0.2) is 0 Å². The first kappa shape index (κ1) is 14.4. The van der Waals surface area contributed by atoms with E-state index in [9.17, 15) is 0 Å². The Morgan fingerprint density at radius 2 is 2.05 bits per heavy atom. The van der Waals surface area contributed by atoms with E-state index in [2.05, 4.69) is 24.0 Å². The van der Waals surface area contributed by atoms with E-state index in [1.54, 1.807) is 7.11 Å². The Bertz CT molecular complexity index is 400. The highest BCUT2D eigenvalue weighted by Crippen LogP contribution is 2.34. The third-order valence-electron chi connectivity index (χ3n) is 3.85. The summed E-state index contributed by atoms with van der Waals surface area (Å²) in [6, 6.07) is 0. The Balaban J connectivity index is 2.23. The minimum atomic E-state index is -0.237. The third kappa shape index (κ3) is 2.80. The third-order valence-corrected chi connectivity index (χ3v) is 3.85. The molecule has 6 nitrogen and oxygen atoms in total. The molecule has 1 unspecified atom stereocenters. The molecule has 0 aromatic carbocycles. The van der Waals surface area contributed by atoms with E-state index in [4.69, 9.17) is 19.7 Å². The minimum absolute atomic E-state index is 0.146. The van der Waals surface area contributed by atoms with Crippen molar-refractivity contribution >= 4 is 0 Å². The fourth-order valence-electron chi connectivity index (χ4n) is 2.51. The molecule has 1 fully saturated rings. The summed E-state index contributed by atoms with van der Waals surface area (Å²) in [6.45, 7) is 6.01. The molecule has 1 aliphatic heterocycles. The first-order valence-electron chi connectivity index (χ1n) is 6.77. The normalized spacial score (nSPS) is 20.7. The van der Waals surface area contributed by atoms with Gasteiger partial charge in [0.05, 0.1) is 5.41 Å². The van der Waals surface area contributed by atoms with Crippen molar-refractivity contribution in [1.29, 1.82) is 0 Å². The predicted molar refractivity (Wildman–Crippen MR) is 69.7 cm³/mol. The SMILES string of the molecule is COC(c1noc(C2(CN)CCOCC2)n1)C(C)C. The van der Waals surface area contributed by atoms with Gasteiger partial charge in [-0.15, -0.1) is 0 Å². The topological polar surface area (TPSA) is 83.4 Å². The summed E-state index contributed by atoms with van der Waals surface area (Å²) in [6.07, 6.45) is 1.50. The number of hydrogen-bond donors (Lipinski definition) is 1. The van der Waals surface area contributed by atoms with Crippen LogP contribution in [0, 0.1) is 5.92 Å². The van der Waals surface area contributed by atoms with Crippen LogP contribution in [0.3, 0.4) is 0 Å². The van der Waals surface area contributed by atoms with E-state index in [1.807, 2.05) is 0 Å². The summed E-state index contributed by atoms with van der Waals surface area (Å²) < 4.78 is 16.3. The van der Waals surface area contributed by atoms with Crippen LogP contribution in [0.15, 0.2) is 4.52 Å². The van der Waals surface area contributed by atoms with E-state index < -0.39 is 0 Å². The number of nitrogens with zero attached hydrogens (tertiary/aromatic N) is 2. The molecule has 0 bridgehead atoms. The van der Waals surface area contributed by atoms with E-state index in [1.165, 1.54) is 0 Å². The lowest BCUT2D eigenvalue weighted by Crippen LogP contribution is -2.41. The number of aromatic nitrogens is 2. The van der Waals surface area contributed by atoms with Crippen LogP contribution in [0.25, 0.3) is 0 Å². The molecule has 2 rings (SSSR count). The maximum absolute atomic E-state index is 5.93. The van der Waals surface area contributed by atoms with Gasteiger partial charge in [0.25, 0.3) is 0 Å². The van der Waals surface area contributed by atoms with Crippen LogP contribution in [-0.4, -0.2) is 37.0 Å². The molecule has 0 aliphatic carbocycles. The first-order valence-corrected chi connectivity index (χ1v) is 6.77. The molecule has 0 spiro atoms. The molecule has 1 aromatic heterocycles. The lowest BCUT2D eigenvalue weighted by atomic mass is 9.80. The summed E-state index contributed by atoms with van der Waals surface area (Å²) in [5.41, 5.74) is 5.70. The summed E-state index contributed by atoms with van der Waals surface area (Å²) in [4.78, 5) is 4.53. The Morgan fingerprint density at radius 3 is 2.58 bits per heavy atom. The highest BCUT2D eigenvalue weighted by Gasteiger charge is 2.39. The molecule has 0 radical (unpaired) electrons. The molecule has 1 aliphatic rings. The van der Waals surface area contributed by atoms with Gasteiger partial charge >= 0.3 is 0 Å². The molecular formula is C13H23N3O3. The van der Waals surface area contributed by atoms with Crippen LogP contribution in [0.5, 0.6) is 0 Å². The Morgan fingerprint density at radius 1 is 1.37 bits per heavy atom. The van der Waals surface area contributed by atoms with Gasteiger partial charge in [-0.05, 0) is 18.8 Å². The van der Waals surface area contributed by atoms with Crippen molar-refractivity contribution in [2.75, 3.05) is 26.9 Å². The molecular weight excluding hydrogens is 246 g/mol. The first-order chi connectivity index (χ1) is 9.13. The number of nitrogens with two attached hydrogens (primary N) is 1. The largest absolute Gasteiger partial charge is 0.381 e. The van der Waals surface area contributed by atoms with Gasteiger partial charge in [0.2, 0.25) is 11.7 Å². The molecule has 1 saturated heterocycles. The highest BCUT2D eigenvalue weighted by atomic mass is 16.5. The molecule has 1 atom stereocenters.